The highest BCUT2D eigenvalue weighted by Crippen LogP contribution is 2.55. The Morgan fingerprint density at radius 2 is 2.13 bits per heavy atom. The second kappa shape index (κ2) is 5.61. The van der Waals surface area contributed by atoms with Crippen molar-refractivity contribution in [3.63, 3.8) is 0 Å². The van der Waals surface area contributed by atoms with Crippen LogP contribution >= 0.6 is 0 Å². The van der Waals surface area contributed by atoms with Gasteiger partial charge >= 0.3 is 5.97 Å². The van der Waals surface area contributed by atoms with E-state index in [0.29, 0.717) is 25.1 Å². The van der Waals surface area contributed by atoms with Crippen LogP contribution in [0.1, 0.15) is 51.1 Å². The molecule has 1 aliphatic carbocycles. The fourth-order valence-electron chi connectivity index (χ4n) is 4.38. The number of carboxylic acid groups (broad SMARTS) is 1. The molecule has 0 bridgehead atoms. The smallest absolute Gasteiger partial charge is 0.324 e. The molecule has 122 valence electrons. The van der Waals surface area contributed by atoms with Gasteiger partial charge in [0.2, 0.25) is 0 Å². The van der Waals surface area contributed by atoms with E-state index in [2.05, 4.69) is 11.1 Å². The van der Waals surface area contributed by atoms with Crippen molar-refractivity contribution >= 4 is 5.97 Å². The number of hydrogen-bond donors (Lipinski definition) is 1. The second-order valence-corrected chi connectivity index (χ2v) is 7.00. The van der Waals surface area contributed by atoms with E-state index in [-0.39, 0.29) is 5.60 Å². The number of pyridine rings is 1. The van der Waals surface area contributed by atoms with Gasteiger partial charge in [0.1, 0.15) is 0 Å². The summed E-state index contributed by atoms with van der Waals surface area (Å²) in [5.74, 6) is -1.08. The molecule has 0 aromatic carbocycles. The highest BCUT2D eigenvalue weighted by atomic mass is 16.5. The fourth-order valence-corrected chi connectivity index (χ4v) is 4.38. The molecule has 5 nitrogen and oxygen atoms in total. The minimum atomic E-state index is -1.53. The first-order valence-electron chi connectivity index (χ1n) is 8.18. The van der Waals surface area contributed by atoms with Crippen molar-refractivity contribution in [2.75, 3.05) is 6.61 Å². The molecule has 0 radical (unpaired) electrons. The molecular formula is C18H22N2O3. The van der Waals surface area contributed by atoms with E-state index in [9.17, 15) is 15.2 Å². The molecule has 5 heteroatoms. The van der Waals surface area contributed by atoms with Crippen LogP contribution < -0.4 is 0 Å². The van der Waals surface area contributed by atoms with Crippen molar-refractivity contribution in [1.29, 1.82) is 5.26 Å². The normalized spacial score (nSPS) is 28.9. The number of aromatic nitrogens is 1. The molecule has 23 heavy (non-hydrogen) atoms. The van der Waals surface area contributed by atoms with E-state index >= 15 is 0 Å². The van der Waals surface area contributed by atoms with Crippen LogP contribution in [-0.4, -0.2) is 28.3 Å². The van der Waals surface area contributed by atoms with Gasteiger partial charge in [-0.25, -0.2) is 0 Å². The minimum absolute atomic E-state index is 0.302. The zero-order chi connectivity index (χ0) is 16.6. The Kier molecular flexibility index (Phi) is 3.89. The summed E-state index contributed by atoms with van der Waals surface area (Å²) >= 11 is 0. The lowest BCUT2D eigenvalue weighted by Gasteiger charge is -2.50. The summed E-state index contributed by atoms with van der Waals surface area (Å²) in [6.45, 7) is 2.01. The predicted octanol–water partition coefficient (Wildman–Crippen LogP) is 3.06. The van der Waals surface area contributed by atoms with Crippen LogP contribution in [0.2, 0.25) is 0 Å². The van der Waals surface area contributed by atoms with E-state index in [1.807, 2.05) is 18.2 Å². The Bertz CT molecular complexity index is 633. The molecule has 1 N–H and O–H groups in total. The molecule has 2 aliphatic rings. The molecule has 2 unspecified atom stereocenters. The summed E-state index contributed by atoms with van der Waals surface area (Å²) in [5.41, 5.74) is -1.96. The van der Waals surface area contributed by atoms with Crippen LogP contribution in [0.25, 0.3) is 0 Å². The van der Waals surface area contributed by atoms with Crippen molar-refractivity contribution in [2.45, 2.75) is 56.5 Å². The SMILES string of the molecule is CC(C#N)(C(=O)O)C1(c2ccccn2)CCOC2(CCCC2)C1. The van der Waals surface area contributed by atoms with Crippen molar-refractivity contribution in [3.8, 4) is 6.07 Å². The lowest BCUT2D eigenvalue weighted by molar-refractivity contribution is -0.160. The van der Waals surface area contributed by atoms with Gasteiger partial charge in [-0.05, 0) is 44.7 Å². The Hall–Kier alpha value is -1.93. The molecule has 1 aromatic heterocycles. The van der Waals surface area contributed by atoms with Crippen LogP contribution in [0.4, 0.5) is 0 Å². The van der Waals surface area contributed by atoms with Crippen molar-refractivity contribution in [2.24, 2.45) is 5.41 Å². The van der Waals surface area contributed by atoms with Crippen LogP contribution in [0.15, 0.2) is 24.4 Å². The zero-order valence-corrected chi connectivity index (χ0v) is 13.4. The van der Waals surface area contributed by atoms with E-state index in [1.165, 1.54) is 6.92 Å². The summed E-state index contributed by atoms with van der Waals surface area (Å²) in [6.07, 6.45) is 6.78. The number of carbonyl (C=O) groups is 1. The minimum Gasteiger partial charge on any atom is -0.480 e. The number of hydrogen-bond acceptors (Lipinski definition) is 4. The maximum Gasteiger partial charge on any atom is 0.324 e. The van der Waals surface area contributed by atoms with Crippen LogP contribution in [0.5, 0.6) is 0 Å². The quantitative estimate of drug-likeness (QED) is 0.927. The molecule has 2 atom stereocenters. The highest BCUT2D eigenvalue weighted by molar-refractivity contribution is 5.80. The lowest BCUT2D eigenvalue weighted by Crippen LogP contribution is -2.56. The average molecular weight is 314 g/mol. The van der Waals surface area contributed by atoms with Gasteiger partial charge < -0.3 is 9.84 Å². The number of carboxylic acids is 1. The predicted molar refractivity (Wildman–Crippen MR) is 83.7 cm³/mol. The number of rotatable bonds is 3. The summed E-state index contributed by atoms with van der Waals surface area (Å²) in [4.78, 5) is 16.5. The van der Waals surface area contributed by atoms with Gasteiger partial charge in [0.15, 0.2) is 5.41 Å². The first-order chi connectivity index (χ1) is 11.0. The number of nitriles is 1. The summed E-state index contributed by atoms with van der Waals surface area (Å²) in [6, 6.07) is 7.63. The van der Waals surface area contributed by atoms with Gasteiger partial charge in [0.05, 0.1) is 11.7 Å². The third-order valence-electron chi connectivity index (χ3n) is 5.84. The lowest BCUT2D eigenvalue weighted by atomic mass is 9.56. The van der Waals surface area contributed by atoms with Gasteiger partial charge in [-0.3, -0.25) is 9.78 Å². The number of aliphatic carboxylic acids is 1. The molecule has 3 rings (SSSR count). The molecular weight excluding hydrogens is 292 g/mol. The van der Waals surface area contributed by atoms with Crippen LogP contribution in [-0.2, 0) is 14.9 Å². The van der Waals surface area contributed by atoms with Crippen molar-refractivity contribution in [3.05, 3.63) is 30.1 Å². The first-order valence-corrected chi connectivity index (χ1v) is 8.18. The van der Waals surface area contributed by atoms with E-state index in [4.69, 9.17) is 4.74 Å². The Morgan fingerprint density at radius 3 is 2.70 bits per heavy atom. The molecule has 2 heterocycles. The van der Waals surface area contributed by atoms with E-state index < -0.39 is 16.8 Å². The Balaban J connectivity index is 2.15. The maximum absolute atomic E-state index is 12.0. The van der Waals surface area contributed by atoms with Crippen molar-refractivity contribution < 1.29 is 14.6 Å². The third-order valence-corrected chi connectivity index (χ3v) is 5.84. The molecule has 1 aliphatic heterocycles. The monoisotopic (exact) mass is 314 g/mol. The average Bonchev–Trinajstić information content (AvgIpc) is 3.02. The van der Waals surface area contributed by atoms with E-state index in [1.54, 1.807) is 6.20 Å². The molecule has 0 amide bonds. The number of nitrogens with zero attached hydrogens (tertiary/aromatic N) is 2. The fraction of sp³-hybridized carbons (Fsp3) is 0.611. The molecule has 2 fully saturated rings. The van der Waals surface area contributed by atoms with Gasteiger partial charge in [0, 0.05) is 23.9 Å². The highest BCUT2D eigenvalue weighted by Gasteiger charge is 2.61. The molecule has 1 spiro atoms. The van der Waals surface area contributed by atoms with Gasteiger partial charge in [0.25, 0.3) is 0 Å². The largest absolute Gasteiger partial charge is 0.480 e. The van der Waals surface area contributed by atoms with Gasteiger partial charge in [-0.2, -0.15) is 5.26 Å². The summed E-state index contributed by atoms with van der Waals surface area (Å²) in [5, 5.41) is 19.6. The third kappa shape index (κ3) is 2.33. The zero-order valence-electron chi connectivity index (χ0n) is 13.4. The summed E-state index contributed by atoms with van der Waals surface area (Å²) in [7, 11) is 0. The van der Waals surface area contributed by atoms with Crippen LogP contribution in [0.3, 0.4) is 0 Å². The molecule has 1 aromatic rings. The number of ether oxygens (including phenoxy) is 1. The van der Waals surface area contributed by atoms with Crippen molar-refractivity contribution in [1.82, 2.24) is 4.98 Å². The van der Waals surface area contributed by atoms with Gasteiger partial charge in [-0.1, -0.05) is 18.9 Å². The van der Waals surface area contributed by atoms with Crippen LogP contribution in [0, 0.1) is 16.7 Å². The standard InChI is InChI=1S/C18H22N2O3/c1-16(13-19,15(21)22)18(14-6-2-5-10-20-14)9-11-23-17(12-18)7-3-4-8-17/h2,5-6,10H,3-4,7-9,11-12H2,1H3,(H,21,22). The van der Waals surface area contributed by atoms with E-state index in [0.717, 1.165) is 25.7 Å². The molecule has 1 saturated carbocycles. The summed E-state index contributed by atoms with van der Waals surface area (Å²) < 4.78 is 6.09. The second-order valence-electron chi connectivity index (χ2n) is 7.00. The topological polar surface area (TPSA) is 83.2 Å². The Morgan fingerprint density at radius 1 is 1.39 bits per heavy atom. The Labute approximate surface area is 136 Å². The first kappa shape index (κ1) is 15.9. The van der Waals surface area contributed by atoms with Gasteiger partial charge in [-0.15, -0.1) is 0 Å². The maximum atomic E-state index is 12.0. The molecule has 1 saturated heterocycles.